The minimum Gasteiger partial charge on any atom is -0.493 e. The fourth-order valence-corrected chi connectivity index (χ4v) is 2.78. The SMILES string of the molecule is CCCC(CCC)COc1cccc(CC(O)[C@@H](Cl)I)c1. The van der Waals surface area contributed by atoms with Crippen LogP contribution in [0.15, 0.2) is 24.3 Å². The molecule has 0 heterocycles. The van der Waals surface area contributed by atoms with Crippen molar-refractivity contribution in [3.05, 3.63) is 29.8 Å². The van der Waals surface area contributed by atoms with Crippen molar-refractivity contribution >= 4 is 34.2 Å². The van der Waals surface area contributed by atoms with Gasteiger partial charge in [0.2, 0.25) is 0 Å². The Hall–Kier alpha value is -0.000000000000000111. The average molecular weight is 425 g/mol. The first-order valence-corrected chi connectivity index (χ1v) is 9.42. The molecule has 0 aliphatic heterocycles. The Balaban J connectivity index is 2.55. The van der Waals surface area contributed by atoms with Gasteiger partial charge in [-0.3, -0.25) is 0 Å². The van der Waals surface area contributed by atoms with Crippen LogP contribution in [0.5, 0.6) is 5.75 Å². The van der Waals surface area contributed by atoms with Crippen molar-refractivity contribution in [2.24, 2.45) is 5.92 Å². The summed E-state index contributed by atoms with van der Waals surface area (Å²) in [6.07, 6.45) is 4.86. The summed E-state index contributed by atoms with van der Waals surface area (Å²) in [5.41, 5.74) is 1.06. The molecule has 1 rings (SSSR count). The van der Waals surface area contributed by atoms with E-state index in [0.717, 1.165) is 17.9 Å². The van der Waals surface area contributed by atoms with Crippen molar-refractivity contribution < 1.29 is 9.84 Å². The number of rotatable bonds is 10. The number of alkyl halides is 2. The summed E-state index contributed by atoms with van der Waals surface area (Å²) < 4.78 is 5.67. The van der Waals surface area contributed by atoms with Crippen LogP contribution in [-0.2, 0) is 6.42 Å². The van der Waals surface area contributed by atoms with Crippen LogP contribution in [0.3, 0.4) is 0 Å². The van der Waals surface area contributed by atoms with Crippen molar-refractivity contribution in [3.8, 4) is 5.75 Å². The van der Waals surface area contributed by atoms with E-state index >= 15 is 0 Å². The maximum atomic E-state index is 9.85. The van der Waals surface area contributed by atoms with Crippen LogP contribution in [0.1, 0.15) is 45.1 Å². The van der Waals surface area contributed by atoms with E-state index in [-0.39, 0.29) is 3.38 Å². The summed E-state index contributed by atoms with van der Waals surface area (Å²) in [6.45, 7) is 5.21. The van der Waals surface area contributed by atoms with Crippen LogP contribution in [0, 0.1) is 5.92 Å². The molecular formula is C17H26ClIO2. The van der Waals surface area contributed by atoms with E-state index in [2.05, 4.69) is 13.8 Å². The third-order valence-electron chi connectivity index (χ3n) is 3.51. The van der Waals surface area contributed by atoms with Gasteiger partial charge in [0, 0.05) is 6.42 Å². The van der Waals surface area contributed by atoms with Crippen molar-refractivity contribution in [2.45, 2.75) is 55.4 Å². The third kappa shape index (κ3) is 7.71. The molecule has 0 saturated heterocycles. The van der Waals surface area contributed by atoms with E-state index in [1.807, 2.05) is 46.9 Å². The van der Waals surface area contributed by atoms with Gasteiger partial charge in [0.05, 0.1) is 12.7 Å². The van der Waals surface area contributed by atoms with E-state index in [0.29, 0.717) is 12.3 Å². The van der Waals surface area contributed by atoms with Crippen LogP contribution >= 0.6 is 34.2 Å². The zero-order valence-corrected chi connectivity index (χ0v) is 15.8. The van der Waals surface area contributed by atoms with Crippen molar-refractivity contribution in [1.82, 2.24) is 0 Å². The lowest BCUT2D eigenvalue weighted by Crippen LogP contribution is -2.18. The topological polar surface area (TPSA) is 29.5 Å². The first-order chi connectivity index (χ1) is 10.1. The molecule has 2 atom stereocenters. The quantitative estimate of drug-likeness (QED) is 0.414. The van der Waals surface area contributed by atoms with Gasteiger partial charge < -0.3 is 9.84 Å². The fraction of sp³-hybridized carbons (Fsp3) is 0.647. The van der Waals surface area contributed by atoms with Gasteiger partial charge in [-0.2, -0.15) is 0 Å². The minimum atomic E-state index is -0.532. The van der Waals surface area contributed by atoms with Gasteiger partial charge in [-0.15, -0.1) is 11.6 Å². The Bertz CT molecular complexity index is 392. The van der Waals surface area contributed by atoms with Gasteiger partial charge in [-0.05, 0) is 36.5 Å². The molecule has 2 nitrogen and oxygen atoms in total. The highest BCUT2D eigenvalue weighted by Crippen LogP contribution is 2.21. The Morgan fingerprint density at radius 1 is 1.24 bits per heavy atom. The first kappa shape index (κ1) is 19.0. The minimum absolute atomic E-state index is 0.273. The standard InChI is InChI=1S/C17H26ClIO2/c1-3-6-13(7-4-2)12-21-15-9-5-8-14(10-15)11-16(20)17(18)19/h5,8-10,13,16-17,20H,3-4,6-7,11-12H2,1-2H3/t16?,17-/m0/s1. The maximum Gasteiger partial charge on any atom is 0.119 e. The lowest BCUT2D eigenvalue weighted by Gasteiger charge is -2.17. The number of aliphatic hydroxyl groups is 1. The molecule has 0 bridgehead atoms. The number of hydrogen-bond donors (Lipinski definition) is 1. The van der Waals surface area contributed by atoms with E-state index in [4.69, 9.17) is 16.3 Å². The molecule has 0 amide bonds. The van der Waals surface area contributed by atoms with Gasteiger partial charge in [0.15, 0.2) is 0 Å². The largest absolute Gasteiger partial charge is 0.493 e. The van der Waals surface area contributed by atoms with Gasteiger partial charge >= 0.3 is 0 Å². The molecule has 0 saturated carbocycles. The Labute approximate surface area is 147 Å². The molecular weight excluding hydrogens is 399 g/mol. The van der Waals surface area contributed by atoms with Crippen LogP contribution in [-0.4, -0.2) is 21.2 Å². The molecule has 0 aliphatic rings. The summed E-state index contributed by atoms with van der Waals surface area (Å²) in [6, 6.07) is 7.96. The van der Waals surface area contributed by atoms with Crippen LogP contribution in [0.4, 0.5) is 0 Å². The van der Waals surface area contributed by atoms with E-state index in [9.17, 15) is 5.11 Å². The Morgan fingerprint density at radius 2 is 1.90 bits per heavy atom. The summed E-state index contributed by atoms with van der Waals surface area (Å²) >= 11 is 7.93. The summed E-state index contributed by atoms with van der Waals surface area (Å²) in [5.74, 6) is 1.52. The van der Waals surface area contributed by atoms with Crippen LogP contribution in [0.2, 0.25) is 0 Å². The highest BCUT2D eigenvalue weighted by molar-refractivity contribution is 14.1. The molecule has 0 aromatic heterocycles. The lowest BCUT2D eigenvalue weighted by atomic mass is 9.99. The van der Waals surface area contributed by atoms with Gasteiger partial charge in [-0.25, -0.2) is 0 Å². The summed E-state index contributed by atoms with van der Waals surface area (Å²) in [7, 11) is 0. The number of halogens is 2. The fourth-order valence-electron chi connectivity index (χ4n) is 2.43. The molecule has 120 valence electrons. The lowest BCUT2D eigenvalue weighted by molar-refractivity contribution is 0.194. The Morgan fingerprint density at radius 3 is 2.48 bits per heavy atom. The van der Waals surface area contributed by atoms with Crippen molar-refractivity contribution in [2.75, 3.05) is 6.61 Å². The highest BCUT2D eigenvalue weighted by atomic mass is 127. The molecule has 4 heteroatoms. The molecule has 1 N–H and O–H groups in total. The third-order valence-corrected chi connectivity index (χ3v) is 4.63. The second-order valence-corrected chi connectivity index (χ2v) is 8.06. The number of aliphatic hydroxyl groups excluding tert-OH is 1. The molecule has 1 aromatic carbocycles. The maximum absolute atomic E-state index is 9.85. The second-order valence-electron chi connectivity index (χ2n) is 5.51. The molecule has 1 unspecified atom stereocenters. The predicted octanol–water partition coefficient (Wildman–Crippen LogP) is 5.19. The van der Waals surface area contributed by atoms with Gasteiger partial charge in [-0.1, -0.05) is 61.4 Å². The summed E-state index contributed by atoms with van der Waals surface area (Å²) in [4.78, 5) is 0. The number of benzene rings is 1. The summed E-state index contributed by atoms with van der Waals surface area (Å²) in [5, 5.41) is 9.85. The molecule has 21 heavy (non-hydrogen) atoms. The molecule has 0 fully saturated rings. The normalized spacial score (nSPS) is 14.2. The van der Waals surface area contributed by atoms with E-state index < -0.39 is 6.10 Å². The van der Waals surface area contributed by atoms with Crippen LogP contribution < -0.4 is 4.74 Å². The van der Waals surface area contributed by atoms with Crippen LogP contribution in [0.25, 0.3) is 0 Å². The zero-order chi connectivity index (χ0) is 15.7. The second kappa shape index (κ2) is 10.7. The molecule has 0 spiro atoms. The van der Waals surface area contributed by atoms with Gasteiger partial charge in [0.1, 0.15) is 9.13 Å². The molecule has 0 radical (unpaired) electrons. The number of hydrogen-bond acceptors (Lipinski definition) is 2. The van der Waals surface area contributed by atoms with E-state index in [1.54, 1.807) is 0 Å². The van der Waals surface area contributed by atoms with Crippen molar-refractivity contribution in [1.29, 1.82) is 0 Å². The van der Waals surface area contributed by atoms with E-state index in [1.165, 1.54) is 25.7 Å². The van der Waals surface area contributed by atoms with Gasteiger partial charge in [0.25, 0.3) is 0 Å². The monoisotopic (exact) mass is 424 g/mol. The molecule has 0 aliphatic carbocycles. The number of ether oxygens (including phenoxy) is 1. The van der Waals surface area contributed by atoms with Crippen molar-refractivity contribution in [3.63, 3.8) is 0 Å². The average Bonchev–Trinajstić information content (AvgIpc) is 2.45. The zero-order valence-electron chi connectivity index (χ0n) is 12.9. The highest BCUT2D eigenvalue weighted by Gasteiger charge is 2.14. The predicted molar refractivity (Wildman–Crippen MR) is 98.6 cm³/mol. The molecule has 1 aromatic rings. The Kier molecular flexibility index (Phi) is 9.69. The smallest absolute Gasteiger partial charge is 0.119 e. The first-order valence-electron chi connectivity index (χ1n) is 7.74.